The van der Waals surface area contributed by atoms with Crippen LogP contribution < -0.4 is 10.2 Å². The summed E-state index contributed by atoms with van der Waals surface area (Å²) in [4.78, 5) is 28.9. The highest BCUT2D eigenvalue weighted by molar-refractivity contribution is 6.11. The van der Waals surface area contributed by atoms with Crippen molar-refractivity contribution in [2.24, 2.45) is 11.8 Å². The van der Waals surface area contributed by atoms with E-state index >= 15 is 0 Å². The van der Waals surface area contributed by atoms with Gasteiger partial charge in [0.05, 0.1) is 11.4 Å². The number of benzene rings is 1. The van der Waals surface area contributed by atoms with Crippen LogP contribution in [0.3, 0.4) is 0 Å². The molecule has 0 saturated carbocycles. The Kier molecular flexibility index (Phi) is 4.26. The highest BCUT2D eigenvalue weighted by Gasteiger charge is 2.43. The first-order valence-corrected chi connectivity index (χ1v) is 8.15. The summed E-state index contributed by atoms with van der Waals surface area (Å²) in [6, 6.07) is 6.74. The Morgan fingerprint density at radius 1 is 1.39 bits per heavy atom. The number of carbonyl (C=O) groups is 2. The topological polar surface area (TPSA) is 72.9 Å². The molecule has 1 fully saturated rings. The number of carbonyl (C=O) groups excluding carboxylic acids is 2. The van der Waals surface area contributed by atoms with Crippen LogP contribution in [0, 0.1) is 11.8 Å². The Morgan fingerprint density at radius 3 is 2.74 bits per heavy atom. The summed E-state index contributed by atoms with van der Waals surface area (Å²) in [5, 5.41) is 12.1. The van der Waals surface area contributed by atoms with Crippen molar-refractivity contribution in [3.63, 3.8) is 0 Å². The second kappa shape index (κ2) is 6.20. The Morgan fingerprint density at radius 2 is 2.09 bits per heavy atom. The summed E-state index contributed by atoms with van der Waals surface area (Å²) in [6.07, 6.45) is 0.809. The van der Waals surface area contributed by atoms with Crippen molar-refractivity contribution in [2.75, 3.05) is 29.9 Å². The minimum Gasteiger partial charge on any atom is -0.396 e. The molecule has 3 rings (SSSR count). The Bertz CT molecular complexity index is 613. The summed E-state index contributed by atoms with van der Waals surface area (Å²) in [5.74, 6) is 0.0720. The normalized spacial score (nSPS) is 22.2. The van der Waals surface area contributed by atoms with E-state index in [2.05, 4.69) is 5.32 Å². The number of anilines is 2. The van der Waals surface area contributed by atoms with E-state index in [9.17, 15) is 9.59 Å². The molecule has 2 heterocycles. The molecule has 2 aliphatic rings. The quantitative estimate of drug-likeness (QED) is 0.894. The van der Waals surface area contributed by atoms with E-state index in [1.807, 2.05) is 38.1 Å². The third kappa shape index (κ3) is 2.67. The van der Waals surface area contributed by atoms with E-state index in [1.54, 1.807) is 9.80 Å². The smallest absolute Gasteiger partial charge is 0.325 e. The number of amides is 3. The Hall–Kier alpha value is -2.08. The Labute approximate surface area is 136 Å². The lowest BCUT2D eigenvalue weighted by molar-refractivity contribution is -0.118. The van der Waals surface area contributed by atoms with Crippen LogP contribution in [-0.2, 0) is 4.79 Å². The first-order chi connectivity index (χ1) is 11.1. The number of para-hydroxylation sites is 2. The second-order valence-electron chi connectivity index (χ2n) is 6.44. The third-order valence-corrected chi connectivity index (χ3v) is 4.84. The number of rotatable bonds is 3. The van der Waals surface area contributed by atoms with Crippen LogP contribution in [0.15, 0.2) is 24.3 Å². The van der Waals surface area contributed by atoms with Gasteiger partial charge in [-0.15, -0.1) is 0 Å². The minimum absolute atomic E-state index is 0.0576. The second-order valence-corrected chi connectivity index (χ2v) is 6.44. The minimum atomic E-state index is -0.504. The molecule has 6 nitrogen and oxygen atoms in total. The van der Waals surface area contributed by atoms with Crippen molar-refractivity contribution >= 4 is 23.3 Å². The van der Waals surface area contributed by atoms with Crippen molar-refractivity contribution in [3.05, 3.63) is 24.3 Å². The molecule has 3 amide bonds. The predicted octanol–water partition coefficient (Wildman–Crippen LogP) is 1.90. The van der Waals surface area contributed by atoms with E-state index in [0.717, 1.165) is 12.1 Å². The average Bonchev–Trinajstić information content (AvgIpc) is 2.51. The van der Waals surface area contributed by atoms with Crippen LogP contribution in [0.5, 0.6) is 0 Å². The molecular formula is C17H23N3O3. The van der Waals surface area contributed by atoms with Crippen LogP contribution in [0.1, 0.15) is 20.3 Å². The molecule has 0 radical (unpaired) electrons. The summed E-state index contributed by atoms with van der Waals surface area (Å²) in [6.45, 7) is 5.19. The van der Waals surface area contributed by atoms with Crippen molar-refractivity contribution in [2.45, 2.75) is 26.3 Å². The lowest BCUT2D eigenvalue weighted by Gasteiger charge is -2.45. The van der Waals surface area contributed by atoms with Gasteiger partial charge in [0.15, 0.2) is 0 Å². The van der Waals surface area contributed by atoms with Crippen LogP contribution in [0.25, 0.3) is 0 Å². The molecule has 0 aliphatic carbocycles. The average molecular weight is 317 g/mol. The van der Waals surface area contributed by atoms with Gasteiger partial charge >= 0.3 is 6.03 Å². The van der Waals surface area contributed by atoms with E-state index < -0.39 is 6.04 Å². The molecule has 2 aliphatic heterocycles. The van der Waals surface area contributed by atoms with E-state index in [-0.39, 0.29) is 30.4 Å². The molecule has 2 N–H and O–H groups in total. The standard InChI is InChI=1S/C17H23N3O3/c1-3-11(2)15-16(22)18-13-6-4-5-7-14(13)20(15)17(23)19-8-12(9-19)10-21/h4-7,11-12,15,21H,3,8-10H2,1-2H3,(H,18,22)/t11-,15-/m0/s1. The molecule has 0 spiro atoms. The van der Waals surface area contributed by atoms with Crippen molar-refractivity contribution in [1.29, 1.82) is 0 Å². The van der Waals surface area contributed by atoms with Gasteiger partial charge in [-0.1, -0.05) is 32.4 Å². The maximum atomic E-state index is 13.0. The van der Waals surface area contributed by atoms with E-state index in [1.165, 1.54) is 0 Å². The maximum Gasteiger partial charge on any atom is 0.325 e. The van der Waals surface area contributed by atoms with Gasteiger partial charge in [-0.05, 0) is 18.1 Å². The van der Waals surface area contributed by atoms with Gasteiger partial charge in [0, 0.05) is 25.6 Å². The van der Waals surface area contributed by atoms with E-state index in [4.69, 9.17) is 5.11 Å². The molecule has 0 aromatic heterocycles. The fourth-order valence-electron chi connectivity index (χ4n) is 3.22. The number of nitrogens with one attached hydrogen (secondary N) is 1. The van der Waals surface area contributed by atoms with Gasteiger partial charge < -0.3 is 15.3 Å². The molecule has 0 bridgehead atoms. The first kappa shape index (κ1) is 15.8. The number of hydrogen-bond acceptors (Lipinski definition) is 3. The SMILES string of the molecule is CC[C@H](C)[C@H]1C(=O)Nc2ccccc2N1C(=O)N1CC(CO)C1. The molecule has 6 heteroatoms. The lowest BCUT2D eigenvalue weighted by atomic mass is 9.93. The maximum absolute atomic E-state index is 13.0. The Balaban J connectivity index is 1.94. The van der Waals surface area contributed by atoms with Crippen LogP contribution in [-0.4, -0.2) is 47.7 Å². The number of hydrogen-bond donors (Lipinski definition) is 2. The monoisotopic (exact) mass is 317 g/mol. The van der Waals surface area contributed by atoms with Crippen molar-refractivity contribution in [3.8, 4) is 0 Å². The summed E-state index contributed by atoms with van der Waals surface area (Å²) in [5.41, 5.74) is 1.42. The number of fused-ring (bicyclic) bond motifs is 1. The van der Waals surface area contributed by atoms with Gasteiger partial charge in [0.1, 0.15) is 6.04 Å². The molecule has 124 valence electrons. The van der Waals surface area contributed by atoms with Gasteiger partial charge in [0.2, 0.25) is 5.91 Å². The fraction of sp³-hybridized carbons (Fsp3) is 0.529. The fourth-order valence-corrected chi connectivity index (χ4v) is 3.22. The first-order valence-electron chi connectivity index (χ1n) is 8.15. The molecule has 2 atom stereocenters. The van der Waals surface area contributed by atoms with Crippen LogP contribution >= 0.6 is 0 Å². The van der Waals surface area contributed by atoms with Crippen molar-refractivity contribution < 1.29 is 14.7 Å². The predicted molar refractivity (Wildman–Crippen MR) is 88.3 cm³/mol. The molecule has 1 saturated heterocycles. The molecule has 0 unspecified atom stereocenters. The van der Waals surface area contributed by atoms with Crippen molar-refractivity contribution in [1.82, 2.24) is 4.90 Å². The largest absolute Gasteiger partial charge is 0.396 e. The molecule has 1 aromatic carbocycles. The molecular weight excluding hydrogens is 294 g/mol. The number of aliphatic hydroxyl groups excluding tert-OH is 1. The third-order valence-electron chi connectivity index (χ3n) is 4.84. The van der Waals surface area contributed by atoms with E-state index in [0.29, 0.717) is 18.8 Å². The van der Waals surface area contributed by atoms with Crippen LogP contribution in [0.2, 0.25) is 0 Å². The zero-order chi connectivity index (χ0) is 16.6. The summed E-state index contributed by atoms with van der Waals surface area (Å²) < 4.78 is 0. The van der Waals surface area contributed by atoms with Crippen LogP contribution in [0.4, 0.5) is 16.2 Å². The van der Waals surface area contributed by atoms with Gasteiger partial charge in [-0.2, -0.15) is 0 Å². The number of urea groups is 1. The number of aliphatic hydroxyl groups is 1. The zero-order valence-electron chi connectivity index (χ0n) is 13.5. The highest BCUT2D eigenvalue weighted by atomic mass is 16.3. The lowest BCUT2D eigenvalue weighted by Crippen LogP contribution is -2.62. The summed E-state index contributed by atoms with van der Waals surface area (Å²) in [7, 11) is 0. The zero-order valence-corrected chi connectivity index (χ0v) is 13.5. The van der Waals surface area contributed by atoms with Gasteiger partial charge in [-0.25, -0.2) is 4.79 Å². The molecule has 23 heavy (non-hydrogen) atoms. The molecule has 1 aromatic rings. The number of nitrogens with zero attached hydrogens (tertiary/aromatic N) is 2. The number of likely N-dealkylation sites (tertiary alicyclic amines) is 1. The highest BCUT2D eigenvalue weighted by Crippen LogP contribution is 2.36. The van der Waals surface area contributed by atoms with Gasteiger partial charge in [-0.3, -0.25) is 9.69 Å². The summed E-state index contributed by atoms with van der Waals surface area (Å²) >= 11 is 0. The van der Waals surface area contributed by atoms with Gasteiger partial charge in [0.25, 0.3) is 0 Å².